The van der Waals surface area contributed by atoms with Gasteiger partial charge in [-0.3, -0.25) is 4.79 Å². The van der Waals surface area contributed by atoms with Crippen LogP contribution in [-0.4, -0.2) is 12.9 Å². The van der Waals surface area contributed by atoms with Gasteiger partial charge < -0.3 is 4.74 Å². The summed E-state index contributed by atoms with van der Waals surface area (Å²) >= 11 is 6.06. The summed E-state index contributed by atoms with van der Waals surface area (Å²) < 4.78 is 5.18. The van der Waals surface area contributed by atoms with Gasteiger partial charge in [-0.25, -0.2) is 0 Å². The number of ether oxygens (including phenoxy) is 1. The Kier molecular flexibility index (Phi) is 2.57. The van der Waals surface area contributed by atoms with Crippen LogP contribution in [0.2, 0.25) is 5.02 Å². The Balaban J connectivity index is 2.07. The predicted octanol–water partition coefficient (Wildman–Crippen LogP) is 2.66. The van der Waals surface area contributed by atoms with Crippen molar-refractivity contribution in [3.05, 3.63) is 68.8 Å². The van der Waals surface area contributed by atoms with Crippen molar-refractivity contribution in [2.24, 2.45) is 0 Å². The number of ketones is 1. The zero-order valence-electron chi connectivity index (χ0n) is 11.3. The first kappa shape index (κ1) is 12.4. The molecule has 2 aliphatic rings. The molecule has 2 aromatic rings. The van der Waals surface area contributed by atoms with Crippen molar-refractivity contribution < 1.29 is 9.53 Å². The van der Waals surface area contributed by atoms with Crippen LogP contribution < -0.4 is 10.4 Å². The number of fused-ring (bicyclic) bond motifs is 5. The molecule has 0 saturated heterocycles. The molecule has 0 spiro atoms. The summed E-state index contributed by atoms with van der Waals surface area (Å²) in [4.78, 5) is 12.5. The molecule has 2 nitrogen and oxygen atoms in total. The molecule has 0 aromatic heterocycles. The van der Waals surface area contributed by atoms with E-state index in [4.69, 9.17) is 16.3 Å². The highest BCUT2D eigenvalue weighted by Gasteiger charge is 2.22. The lowest BCUT2D eigenvalue weighted by molar-refractivity contribution is 0.104. The minimum absolute atomic E-state index is 0.0163. The predicted molar refractivity (Wildman–Crippen MR) is 83.6 cm³/mol. The molecular weight excluding hydrogens is 284 g/mol. The Morgan fingerprint density at radius 1 is 0.952 bits per heavy atom. The molecule has 0 amide bonds. The second kappa shape index (κ2) is 4.34. The number of hydrogen-bond acceptors (Lipinski definition) is 2. The average Bonchev–Trinajstić information content (AvgIpc) is 2.84. The van der Waals surface area contributed by atoms with Crippen LogP contribution in [0, 0.1) is 0 Å². The smallest absolute Gasteiger partial charge is 0.190 e. The number of halogens is 1. The topological polar surface area (TPSA) is 26.3 Å². The summed E-state index contributed by atoms with van der Waals surface area (Å²) in [5, 5.41) is 2.66. The van der Waals surface area contributed by atoms with Gasteiger partial charge in [0.05, 0.1) is 7.11 Å². The highest BCUT2D eigenvalue weighted by atomic mass is 35.5. The fourth-order valence-corrected chi connectivity index (χ4v) is 3.17. The molecule has 0 fully saturated rings. The Labute approximate surface area is 126 Å². The molecule has 21 heavy (non-hydrogen) atoms. The standard InChI is InChI=1S/C18H11ClO2/c1-21-14-8-11-3-2-10-6-12-7-13(19)4-5-15(12)17(10)18(11)16(20)9-14/h2-9H,1H3. The summed E-state index contributed by atoms with van der Waals surface area (Å²) in [6.07, 6.45) is 5.50. The van der Waals surface area contributed by atoms with Crippen LogP contribution in [0.5, 0.6) is 0 Å². The number of carbonyl (C=O) groups is 1. The molecule has 4 rings (SSSR count). The summed E-state index contributed by atoms with van der Waals surface area (Å²) in [6, 6.07) is 9.75. The SMILES string of the molecule is COC1=CC(=O)c2c3c(ccc2=C1)=Cc1cc(Cl)ccc1-3. The largest absolute Gasteiger partial charge is 0.497 e. The van der Waals surface area contributed by atoms with Crippen molar-refractivity contribution in [3.63, 3.8) is 0 Å². The molecule has 2 aliphatic carbocycles. The minimum atomic E-state index is -0.0163. The van der Waals surface area contributed by atoms with Gasteiger partial charge in [-0.15, -0.1) is 0 Å². The van der Waals surface area contributed by atoms with Crippen LogP contribution >= 0.6 is 11.6 Å². The molecule has 0 N–H and O–H groups in total. The lowest BCUT2D eigenvalue weighted by atomic mass is 9.92. The highest BCUT2D eigenvalue weighted by molar-refractivity contribution is 6.31. The highest BCUT2D eigenvalue weighted by Crippen LogP contribution is 2.31. The lowest BCUT2D eigenvalue weighted by Crippen LogP contribution is -2.24. The second-order valence-corrected chi connectivity index (χ2v) is 5.57. The second-order valence-electron chi connectivity index (χ2n) is 5.13. The normalized spacial score (nSPS) is 14.4. The van der Waals surface area contributed by atoms with Gasteiger partial charge in [0.1, 0.15) is 5.76 Å². The Morgan fingerprint density at radius 2 is 1.71 bits per heavy atom. The third-order valence-electron chi connectivity index (χ3n) is 3.92. The third-order valence-corrected chi connectivity index (χ3v) is 4.15. The van der Waals surface area contributed by atoms with Crippen LogP contribution in [0.15, 0.2) is 42.2 Å². The number of carbonyl (C=O) groups excluding carboxylic acids is 1. The van der Waals surface area contributed by atoms with E-state index < -0.39 is 0 Å². The molecular formula is C18H11ClO2. The molecule has 0 heterocycles. The molecule has 0 unspecified atom stereocenters. The monoisotopic (exact) mass is 294 g/mol. The van der Waals surface area contributed by atoms with Crippen molar-refractivity contribution in [2.75, 3.05) is 7.11 Å². The average molecular weight is 295 g/mol. The molecule has 0 aliphatic heterocycles. The van der Waals surface area contributed by atoms with E-state index in [1.54, 1.807) is 7.11 Å². The van der Waals surface area contributed by atoms with Crippen LogP contribution in [0.25, 0.3) is 23.3 Å². The van der Waals surface area contributed by atoms with Crippen molar-refractivity contribution in [2.45, 2.75) is 0 Å². The summed E-state index contributed by atoms with van der Waals surface area (Å²) in [5.74, 6) is 0.572. The van der Waals surface area contributed by atoms with E-state index >= 15 is 0 Å². The van der Waals surface area contributed by atoms with Crippen molar-refractivity contribution in [1.29, 1.82) is 0 Å². The van der Waals surface area contributed by atoms with E-state index in [1.165, 1.54) is 6.08 Å². The number of hydrogen-bond donors (Lipinski definition) is 0. The van der Waals surface area contributed by atoms with Gasteiger partial charge in [0.25, 0.3) is 0 Å². The summed E-state index contributed by atoms with van der Waals surface area (Å²) in [7, 11) is 1.57. The first-order valence-corrected chi connectivity index (χ1v) is 7.01. The zero-order chi connectivity index (χ0) is 14.6. The summed E-state index contributed by atoms with van der Waals surface area (Å²) in [6.45, 7) is 0. The number of allylic oxidation sites excluding steroid dienone is 2. The van der Waals surface area contributed by atoms with Crippen LogP contribution in [0.4, 0.5) is 0 Å². The molecule has 0 saturated carbocycles. The third kappa shape index (κ3) is 1.76. The molecule has 0 atom stereocenters. The van der Waals surface area contributed by atoms with Crippen molar-refractivity contribution in [1.82, 2.24) is 0 Å². The molecule has 0 radical (unpaired) electrons. The maximum absolute atomic E-state index is 12.5. The van der Waals surface area contributed by atoms with Crippen molar-refractivity contribution >= 4 is 29.5 Å². The van der Waals surface area contributed by atoms with Gasteiger partial charge in [-0.2, -0.15) is 0 Å². The number of rotatable bonds is 1. The maximum Gasteiger partial charge on any atom is 0.190 e. The first-order valence-electron chi connectivity index (χ1n) is 6.64. The van der Waals surface area contributed by atoms with Gasteiger partial charge in [-0.05, 0) is 45.8 Å². The number of methoxy groups -OCH3 is 1. The zero-order valence-corrected chi connectivity index (χ0v) is 12.1. The number of benzene rings is 2. The quantitative estimate of drug-likeness (QED) is 0.690. The molecule has 0 bridgehead atoms. The van der Waals surface area contributed by atoms with E-state index in [-0.39, 0.29) is 5.78 Å². The molecule has 2 aromatic carbocycles. The van der Waals surface area contributed by atoms with E-state index in [1.807, 2.05) is 36.4 Å². The van der Waals surface area contributed by atoms with Gasteiger partial charge in [0.15, 0.2) is 5.78 Å². The molecule has 3 heteroatoms. The van der Waals surface area contributed by atoms with Crippen LogP contribution in [-0.2, 0) is 4.74 Å². The fraction of sp³-hybridized carbons (Fsp3) is 0.0556. The van der Waals surface area contributed by atoms with E-state index in [2.05, 4.69) is 6.08 Å². The Bertz CT molecular complexity index is 952. The first-order chi connectivity index (χ1) is 10.2. The van der Waals surface area contributed by atoms with E-state index in [0.29, 0.717) is 10.8 Å². The van der Waals surface area contributed by atoms with Gasteiger partial charge in [0.2, 0.25) is 0 Å². The van der Waals surface area contributed by atoms with Crippen LogP contribution in [0.1, 0.15) is 15.9 Å². The van der Waals surface area contributed by atoms with Gasteiger partial charge in [-0.1, -0.05) is 29.8 Å². The van der Waals surface area contributed by atoms with Gasteiger partial charge >= 0.3 is 0 Å². The lowest BCUT2D eigenvalue weighted by Gasteiger charge is -2.12. The van der Waals surface area contributed by atoms with E-state index in [9.17, 15) is 4.79 Å². The van der Waals surface area contributed by atoms with Gasteiger partial charge in [0, 0.05) is 22.2 Å². The Morgan fingerprint density at radius 3 is 2.48 bits per heavy atom. The molecule has 102 valence electrons. The Hall–Kier alpha value is -2.32. The van der Waals surface area contributed by atoms with E-state index in [0.717, 1.165) is 32.7 Å². The maximum atomic E-state index is 12.5. The van der Waals surface area contributed by atoms with Crippen molar-refractivity contribution in [3.8, 4) is 11.1 Å². The minimum Gasteiger partial charge on any atom is -0.497 e. The van der Waals surface area contributed by atoms with Crippen LogP contribution in [0.3, 0.4) is 0 Å². The fourth-order valence-electron chi connectivity index (χ4n) is 2.99. The summed E-state index contributed by atoms with van der Waals surface area (Å²) in [5.41, 5.74) is 3.85.